The van der Waals surface area contributed by atoms with Gasteiger partial charge in [0.05, 0.1) is 24.4 Å². The summed E-state index contributed by atoms with van der Waals surface area (Å²) in [6.07, 6.45) is 6.41. The fraction of sp³-hybridized carbons (Fsp3) is 0.609. The van der Waals surface area contributed by atoms with Crippen LogP contribution in [0.2, 0.25) is 0 Å². The van der Waals surface area contributed by atoms with Crippen molar-refractivity contribution in [3.05, 3.63) is 41.5 Å². The molecule has 1 amide bonds. The topological polar surface area (TPSA) is 77.2 Å². The molecule has 6 nitrogen and oxygen atoms in total. The number of nitrogens with zero attached hydrogens (tertiary/aromatic N) is 2. The van der Waals surface area contributed by atoms with E-state index in [2.05, 4.69) is 29.5 Å². The van der Waals surface area contributed by atoms with Crippen molar-refractivity contribution >= 4 is 5.91 Å². The van der Waals surface area contributed by atoms with E-state index in [1.807, 2.05) is 12.1 Å². The highest BCUT2D eigenvalue weighted by molar-refractivity contribution is 5.80. The predicted octanol–water partition coefficient (Wildman–Crippen LogP) is 3.81. The first-order chi connectivity index (χ1) is 14.2. The number of benzene rings is 1. The zero-order chi connectivity index (χ0) is 20.0. The molecule has 4 atom stereocenters. The van der Waals surface area contributed by atoms with Crippen LogP contribution in [0.1, 0.15) is 68.6 Å². The number of ether oxygens (including phenoxy) is 1. The normalized spacial score (nSPS) is 29.0. The van der Waals surface area contributed by atoms with Gasteiger partial charge in [-0.15, -0.1) is 0 Å². The maximum absolute atomic E-state index is 12.9. The van der Waals surface area contributed by atoms with Crippen molar-refractivity contribution in [2.75, 3.05) is 13.7 Å². The summed E-state index contributed by atoms with van der Waals surface area (Å²) in [6, 6.07) is 8.17. The Labute approximate surface area is 171 Å². The van der Waals surface area contributed by atoms with Crippen LogP contribution in [0.15, 0.2) is 28.8 Å². The maximum Gasteiger partial charge on any atom is 0.230 e. The number of aromatic nitrogens is 2. The van der Waals surface area contributed by atoms with Gasteiger partial charge in [0.15, 0.2) is 5.82 Å². The fourth-order valence-electron chi connectivity index (χ4n) is 5.63. The Morgan fingerprint density at radius 1 is 1.24 bits per heavy atom. The molecule has 1 aromatic heterocycles. The number of methoxy groups -OCH3 is 1. The molecule has 6 heteroatoms. The average molecular weight is 396 g/mol. The second kappa shape index (κ2) is 7.15. The Morgan fingerprint density at radius 3 is 2.69 bits per heavy atom. The van der Waals surface area contributed by atoms with Crippen LogP contribution in [0.25, 0.3) is 0 Å². The summed E-state index contributed by atoms with van der Waals surface area (Å²) in [5.41, 5.74) is 1.06. The van der Waals surface area contributed by atoms with Crippen LogP contribution < -0.4 is 10.1 Å². The number of hydrogen-bond donors (Lipinski definition) is 1. The third-order valence-electron chi connectivity index (χ3n) is 7.32. The standard InChI is InChI=1S/C23H29N3O3/c1-3-12-24-20(27)18-14-4-5-15(13-14)19(18)21-25-22(26-29-21)23(10-11-23)16-6-8-17(28-2)9-7-16/h6-9,14-15,18-19H,3-5,10-13H2,1-2H3,(H,24,27)/t14-,15+,18-,19-/m0/s1. The molecule has 1 heterocycles. The molecule has 1 aromatic carbocycles. The van der Waals surface area contributed by atoms with Crippen molar-refractivity contribution in [2.45, 2.75) is 56.8 Å². The van der Waals surface area contributed by atoms with Crippen molar-refractivity contribution in [3.63, 3.8) is 0 Å². The zero-order valence-electron chi connectivity index (χ0n) is 17.2. The van der Waals surface area contributed by atoms with Gasteiger partial charge in [-0.3, -0.25) is 4.79 Å². The van der Waals surface area contributed by atoms with Crippen LogP contribution >= 0.6 is 0 Å². The van der Waals surface area contributed by atoms with E-state index in [9.17, 15) is 4.79 Å². The van der Waals surface area contributed by atoms with E-state index in [1.54, 1.807) is 7.11 Å². The number of amides is 1. The summed E-state index contributed by atoms with van der Waals surface area (Å²) in [4.78, 5) is 17.8. The Hall–Kier alpha value is -2.37. The largest absolute Gasteiger partial charge is 0.497 e. The lowest BCUT2D eigenvalue weighted by Crippen LogP contribution is -2.37. The summed E-state index contributed by atoms with van der Waals surface area (Å²) >= 11 is 0. The Bertz CT molecular complexity index is 887. The molecule has 3 saturated carbocycles. The van der Waals surface area contributed by atoms with Crippen LogP contribution in [0.4, 0.5) is 0 Å². The lowest BCUT2D eigenvalue weighted by molar-refractivity contribution is -0.127. The molecule has 3 aliphatic rings. The highest BCUT2D eigenvalue weighted by Gasteiger charge is 2.55. The zero-order valence-corrected chi connectivity index (χ0v) is 17.2. The van der Waals surface area contributed by atoms with Crippen molar-refractivity contribution in [1.29, 1.82) is 0 Å². The maximum atomic E-state index is 12.9. The molecular weight excluding hydrogens is 366 g/mol. The van der Waals surface area contributed by atoms with Gasteiger partial charge in [-0.1, -0.05) is 24.2 Å². The quantitative estimate of drug-likeness (QED) is 0.771. The second-order valence-electron chi connectivity index (χ2n) is 8.94. The molecule has 154 valence electrons. The van der Waals surface area contributed by atoms with E-state index in [-0.39, 0.29) is 23.2 Å². The molecular formula is C23H29N3O3. The third-order valence-corrected chi connectivity index (χ3v) is 7.32. The highest BCUT2D eigenvalue weighted by Crippen LogP contribution is 2.57. The molecule has 0 unspecified atom stereocenters. The highest BCUT2D eigenvalue weighted by atomic mass is 16.5. The molecule has 0 spiro atoms. The van der Waals surface area contributed by atoms with Gasteiger partial charge >= 0.3 is 0 Å². The lowest BCUT2D eigenvalue weighted by atomic mass is 9.78. The first-order valence-corrected chi connectivity index (χ1v) is 10.9. The SMILES string of the molecule is CCCNC(=O)[C@H]1[C@H]2CC[C@H](C2)[C@@H]1c1nc(C2(c3ccc(OC)cc3)CC2)no1. The number of rotatable bonds is 7. The first-order valence-electron chi connectivity index (χ1n) is 10.9. The molecule has 0 saturated heterocycles. The predicted molar refractivity (Wildman–Crippen MR) is 108 cm³/mol. The lowest BCUT2D eigenvalue weighted by Gasteiger charge is -2.27. The van der Waals surface area contributed by atoms with E-state index in [0.717, 1.165) is 56.6 Å². The molecule has 2 aromatic rings. The molecule has 1 N–H and O–H groups in total. The first kappa shape index (κ1) is 18.6. The van der Waals surface area contributed by atoms with Gasteiger partial charge in [0.2, 0.25) is 11.8 Å². The van der Waals surface area contributed by atoms with E-state index in [1.165, 1.54) is 5.56 Å². The van der Waals surface area contributed by atoms with Crippen LogP contribution in [-0.2, 0) is 10.2 Å². The Morgan fingerprint density at radius 2 is 2.00 bits per heavy atom. The van der Waals surface area contributed by atoms with Crippen LogP contribution in [-0.4, -0.2) is 29.7 Å². The summed E-state index contributed by atoms with van der Waals surface area (Å²) < 4.78 is 11.1. The molecule has 3 fully saturated rings. The number of carbonyl (C=O) groups is 1. The number of fused-ring (bicyclic) bond motifs is 2. The van der Waals surface area contributed by atoms with E-state index in [4.69, 9.17) is 14.2 Å². The summed E-state index contributed by atoms with van der Waals surface area (Å²) in [5.74, 6) is 3.44. The number of carbonyl (C=O) groups excluding carboxylic acids is 1. The molecule has 5 rings (SSSR count). The van der Waals surface area contributed by atoms with E-state index >= 15 is 0 Å². The van der Waals surface area contributed by atoms with Gasteiger partial charge in [-0.05, 0) is 68.1 Å². The van der Waals surface area contributed by atoms with Gasteiger partial charge in [0.25, 0.3) is 0 Å². The minimum atomic E-state index is -0.147. The molecule has 29 heavy (non-hydrogen) atoms. The summed E-state index contributed by atoms with van der Waals surface area (Å²) in [5, 5.41) is 7.51. The Kier molecular flexibility index (Phi) is 4.60. The molecule has 0 radical (unpaired) electrons. The minimum absolute atomic E-state index is 0.0234. The van der Waals surface area contributed by atoms with Gasteiger partial charge < -0.3 is 14.6 Å². The van der Waals surface area contributed by atoms with Crippen LogP contribution in [0.3, 0.4) is 0 Å². The molecule has 2 bridgehead atoms. The molecule has 0 aliphatic heterocycles. The van der Waals surface area contributed by atoms with Crippen molar-refractivity contribution in [3.8, 4) is 5.75 Å². The number of hydrogen-bond acceptors (Lipinski definition) is 5. The van der Waals surface area contributed by atoms with Crippen LogP contribution in [0.5, 0.6) is 5.75 Å². The Balaban J connectivity index is 1.41. The minimum Gasteiger partial charge on any atom is -0.497 e. The smallest absolute Gasteiger partial charge is 0.230 e. The fourth-order valence-corrected chi connectivity index (χ4v) is 5.63. The van der Waals surface area contributed by atoms with E-state index in [0.29, 0.717) is 17.7 Å². The monoisotopic (exact) mass is 395 g/mol. The summed E-state index contributed by atoms with van der Waals surface area (Å²) in [6.45, 7) is 2.81. The summed E-state index contributed by atoms with van der Waals surface area (Å²) in [7, 11) is 1.68. The van der Waals surface area contributed by atoms with Gasteiger partial charge in [0.1, 0.15) is 5.75 Å². The van der Waals surface area contributed by atoms with E-state index < -0.39 is 0 Å². The third kappa shape index (κ3) is 3.04. The average Bonchev–Trinajstić information content (AvgIpc) is 3.11. The van der Waals surface area contributed by atoms with Crippen LogP contribution in [0, 0.1) is 17.8 Å². The van der Waals surface area contributed by atoms with Gasteiger partial charge in [-0.25, -0.2) is 0 Å². The van der Waals surface area contributed by atoms with Crippen molar-refractivity contribution in [1.82, 2.24) is 15.5 Å². The molecule has 3 aliphatic carbocycles. The van der Waals surface area contributed by atoms with Crippen molar-refractivity contribution < 1.29 is 14.1 Å². The van der Waals surface area contributed by atoms with Gasteiger partial charge in [0, 0.05) is 6.54 Å². The number of nitrogens with one attached hydrogen (secondary N) is 1. The van der Waals surface area contributed by atoms with Gasteiger partial charge in [-0.2, -0.15) is 4.98 Å². The second-order valence-corrected chi connectivity index (χ2v) is 8.94. The van der Waals surface area contributed by atoms with Crippen molar-refractivity contribution in [2.24, 2.45) is 17.8 Å².